The fourth-order valence-corrected chi connectivity index (χ4v) is 3.36. The lowest BCUT2D eigenvalue weighted by atomic mass is 10.1. The van der Waals surface area contributed by atoms with Crippen molar-refractivity contribution in [2.75, 3.05) is 45.5 Å². The summed E-state index contributed by atoms with van der Waals surface area (Å²) in [6, 6.07) is 9.57. The molecule has 0 aromatic heterocycles. The van der Waals surface area contributed by atoms with Crippen LogP contribution < -0.4 is 0 Å². The number of amides is 2. The number of sulfonamides is 1. The molecule has 132 valence electrons. The second kappa shape index (κ2) is 8.25. The third kappa shape index (κ3) is 5.31. The van der Waals surface area contributed by atoms with Gasteiger partial charge in [-0.25, -0.2) is 8.42 Å². The van der Waals surface area contributed by atoms with E-state index >= 15 is 0 Å². The molecule has 0 N–H and O–H groups in total. The minimum Gasteiger partial charge on any atom is -0.342 e. The maximum Gasteiger partial charge on any atom is 0.238 e. The molecule has 1 saturated heterocycles. The van der Waals surface area contributed by atoms with Crippen LogP contribution in [0.1, 0.15) is 5.56 Å². The van der Waals surface area contributed by atoms with Gasteiger partial charge in [-0.05, 0) is 12.0 Å². The topological polar surface area (TPSA) is 78.0 Å². The number of hydrogen-bond acceptors (Lipinski definition) is 4. The van der Waals surface area contributed by atoms with Crippen LogP contribution in [0.4, 0.5) is 0 Å². The van der Waals surface area contributed by atoms with Gasteiger partial charge in [0.1, 0.15) is 0 Å². The Bertz CT molecular complexity index is 655. The molecule has 0 unspecified atom stereocenters. The predicted molar refractivity (Wildman–Crippen MR) is 90.8 cm³/mol. The van der Waals surface area contributed by atoms with Crippen LogP contribution in [0.15, 0.2) is 30.3 Å². The highest BCUT2D eigenvalue weighted by molar-refractivity contribution is 7.88. The van der Waals surface area contributed by atoms with E-state index in [0.29, 0.717) is 32.6 Å². The summed E-state index contributed by atoms with van der Waals surface area (Å²) in [4.78, 5) is 26.3. The first kappa shape index (κ1) is 18.4. The second-order valence-corrected chi connectivity index (χ2v) is 7.84. The zero-order valence-electron chi connectivity index (χ0n) is 13.8. The van der Waals surface area contributed by atoms with E-state index in [-0.39, 0.29) is 19.0 Å². The van der Waals surface area contributed by atoms with Gasteiger partial charge in [-0.2, -0.15) is 4.31 Å². The molecule has 1 aromatic rings. The molecular weight excluding hydrogens is 330 g/mol. The molecule has 7 nitrogen and oxygen atoms in total. The van der Waals surface area contributed by atoms with Crippen LogP contribution in [0.25, 0.3) is 0 Å². The van der Waals surface area contributed by atoms with Crippen molar-refractivity contribution in [1.82, 2.24) is 14.1 Å². The molecular formula is C16H23N3O4S. The number of piperazine rings is 1. The number of benzene rings is 1. The van der Waals surface area contributed by atoms with Gasteiger partial charge in [0.15, 0.2) is 0 Å². The van der Waals surface area contributed by atoms with Crippen molar-refractivity contribution in [2.24, 2.45) is 0 Å². The third-order valence-corrected chi connectivity index (χ3v) is 5.34. The van der Waals surface area contributed by atoms with E-state index in [1.165, 1.54) is 4.31 Å². The normalized spacial score (nSPS) is 15.6. The van der Waals surface area contributed by atoms with Crippen molar-refractivity contribution in [3.63, 3.8) is 0 Å². The van der Waals surface area contributed by atoms with Crippen LogP contribution in [-0.4, -0.2) is 80.4 Å². The van der Waals surface area contributed by atoms with E-state index in [1.54, 1.807) is 9.80 Å². The summed E-state index contributed by atoms with van der Waals surface area (Å²) in [6.07, 6.45) is 2.44. The molecule has 1 fully saturated rings. The lowest BCUT2D eigenvalue weighted by molar-refractivity contribution is -0.135. The largest absolute Gasteiger partial charge is 0.342 e. The Morgan fingerprint density at radius 3 is 2.33 bits per heavy atom. The van der Waals surface area contributed by atoms with Crippen molar-refractivity contribution in [3.8, 4) is 0 Å². The summed E-state index contributed by atoms with van der Waals surface area (Å²) < 4.78 is 25.2. The van der Waals surface area contributed by atoms with Gasteiger partial charge in [0.2, 0.25) is 22.3 Å². The van der Waals surface area contributed by atoms with Gasteiger partial charge >= 0.3 is 0 Å². The Kier molecular flexibility index (Phi) is 6.33. The van der Waals surface area contributed by atoms with Crippen LogP contribution >= 0.6 is 0 Å². The Balaban J connectivity index is 1.94. The summed E-state index contributed by atoms with van der Waals surface area (Å²) in [5, 5.41) is 0. The van der Waals surface area contributed by atoms with Gasteiger partial charge in [0, 0.05) is 32.7 Å². The standard InChI is InChI=1S/C16H23N3O4S/c1-24(22,23)19(8-7-15-5-3-2-4-6-15)13-16(21)18-11-9-17(14-20)10-12-18/h2-6,14H,7-13H2,1H3. The second-order valence-electron chi connectivity index (χ2n) is 5.85. The molecule has 1 heterocycles. The summed E-state index contributed by atoms with van der Waals surface area (Å²) >= 11 is 0. The molecule has 1 aliphatic heterocycles. The summed E-state index contributed by atoms with van der Waals surface area (Å²) in [7, 11) is -3.46. The summed E-state index contributed by atoms with van der Waals surface area (Å²) in [5.41, 5.74) is 1.03. The first-order chi connectivity index (χ1) is 11.4. The molecule has 0 aliphatic carbocycles. The van der Waals surface area contributed by atoms with Crippen LogP contribution in [0.2, 0.25) is 0 Å². The molecule has 0 spiro atoms. The fraction of sp³-hybridized carbons (Fsp3) is 0.500. The van der Waals surface area contributed by atoms with E-state index < -0.39 is 10.0 Å². The van der Waals surface area contributed by atoms with E-state index in [2.05, 4.69) is 0 Å². The lowest BCUT2D eigenvalue weighted by Gasteiger charge is -2.33. The van der Waals surface area contributed by atoms with Gasteiger partial charge < -0.3 is 9.80 Å². The van der Waals surface area contributed by atoms with Crippen LogP contribution in [0.5, 0.6) is 0 Å². The Morgan fingerprint density at radius 2 is 1.79 bits per heavy atom. The number of hydrogen-bond donors (Lipinski definition) is 0. The SMILES string of the molecule is CS(=O)(=O)N(CCc1ccccc1)CC(=O)N1CCN(C=O)CC1. The minimum atomic E-state index is -3.46. The molecule has 0 bridgehead atoms. The van der Waals surface area contributed by atoms with E-state index in [9.17, 15) is 18.0 Å². The summed E-state index contributed by atoms with van der Waals surface area (Å²) in [5.74, 6) is -0.223. The number of carbonyl (C=O) groups excluding carboxylic acids is 2. The van der Waals surface area contributed by atoms with Crippen molar-refractivity contribution < 1.29 is 18.0 Å². The molecule has 0 atom stereocenters. The quantitative estimate of drug-likeness (QED) is 0.636. The summed E-state index contributed by atoms with van der Waals surface area (Å²) in [6.45, 7) is 1.95. The number of rotatable bonds is 7. The monoisotopic (exact) mass is 353 g/mol. The highest BCUT2D eigenvalue weighted by Crippen LogP contribution is 2.07. The van der Waals surface area contributed by atoms with E-state index in [1.807, 2.05) is 30.3 Å². The minimum absolute atomic E-state index is 0.160. The van der Waals surface area contributed by atoms with Crippen molar-refractivity contribution in [3.05, 3.63) is 35.9 Å². The Hall–Kier alpha value is -1.93. The molecule has 8 heteroatoms. The number of nitrogens with zero attached hydrogens (tertiary/aromatic N) is 3. The van der Waals surface area contributed by atoms with Crippen molar-refractivity contribution >= 4 is 22.3 Å². The maximum atomic E-state index is 12.4. The van der Waals surface area contributed by atoms with Crippen LogP contribution in [-0.2, 0) is 26.0 Å². The molecule has 2 rings (SSSR count). The Morgan fingerprint density at radius 1 is 1.17 bits per heavy atom. The average molecular weight is 353 g/mol. The molecule has 0 saturated carbocycles. The zero-order valence-corrected chi connectivity index (χ0v) is 14.6. The number of carbonyl (C=O) groups is 2. The lowest BCUT2D eigenvalue weighted by Crippen LogP contribution is -2.51. The Labute approximate surface area is 142 Å². The van der Waals surface area contributed by atoms with Crippen molar-refractivity contribution in [1.29, 1.82) is 0 Å². The molecule has 0 radical (unpaired) electrons. The molecule has 24 heavy (non-hydrogen) atoms. The highest BCUT2D eigenvalue weighted by Gasteiger charge is 2.25. The third-order valence-electron chi connectivity index (χ3n) is 4.09. The van der Waals surface area contributed by atoms with Gasteiger partial charge in [0.25, 0.3) is 0 Å². The predicted octanol–water partition coefficient (Wildman–Crippen LogP) is -0.209. The van der Waals surface area contributed by atoms with Crippen molar-refractivity contribution in [2.45, 2.75) is 6.42 Å². The van der Waals surface area contributed by atoms with Gasteiger partial charge in [0.05, 0.1) is 12.8 Å². The maximum absolute atomic E-state index is 12.4. The first-order valence-corrected chi connectivity index (χ1v) is 9.71. The van der Waals surface area contributed by atoms with E-state index in [4.69, 9.17) is 0 Å². The van der Waals surface area contributed by atoms with E-state index in [0.717, 1.165) is 18.2 Å². The smallest absolute Gasteiger partial charge is 0.238 e. The fourth-order valence-electron chi connectivity index (χ4n) is 2.59. The molecule has 1 aromatic carbocycles. The van der Waals surface area contributed by atoms with Crippen LogP contribution in [0.3, 0.4) is 0 Å². The van der Waals surface area contributed by atoms with Gasteiger partial charge in [-0.3, -0.25) is 9.59 Å². The van der Waals surface area contributed by atoms with Gasteiger partial charge in [-0.1, -0.05) is 30.3 Å². The van der Waals surface area contributed by atoms with Crippen LogP contribution in [0, 0.1) is 0 Å². The molecule has 1 aliphatic rings. The average Bonchev–Trinajstić information content (AvgIpc) is 2.58. The zero-order chi connectivity index (χ0) is 17.6. The first-order valence-electron chi connectivity index (χ1n) is 7.86. The highest BCUT2D eigenvalue weighted by atomic mass is 32.2. The van der Waals surface area contributed by atoms with Gasteiger partial charge in [-0.15, -0.1) is 0 Å². The molecule has 2 amide bonds.